The van der Waals surface area contributed by atoms with Crippen molar-refractivity contribution in [3.8, 4) is 0 Å². The van der Waals surface area contributed by atoms with Crippen molar-refractivity contribution in [2.75, 3.05) is 11.5 Å². The number of hydrogen-bond donors (Lipinski definition) is 2. The van der Waals surface area contributed by atoms with Gasteiger partial charge in [-0.1, -0.05) is 13.8 Å². The van der Waals surface area contributed by atoms with E-state index in [1.165, 1.54) is 5.56 Å². The minimum absolute atomic E-state index is 0.0815. The maximum absolute atomic E-state index is 11.5. The Balaban J connectivity index is 2.14. The molecular formula is C16H25N5O2S. The highest BCUT2D eigenvalue weighted by atomic mass is 32.2. The summed E-state index contributed by atoms with van der Waals surface area (Å²) in [5.41, 5.74) is 9.61. The van der Waals surface area contributed by atoms with E-state index in [0.717, 1.165) is 48.2 Å². The van der Waals surface area contributed by atoms with Gasteiger partial charge in [-0.15, -0.1) is 0 Å². The van der Waals surface area contributed by atoms with E-state index in [4.69, 9.17) is 10.9 Å². The van der Waals surface area contributed by atoms with Gasteiger partial charge in [-0.25, -0.2) is 23.5 Å². The molecule has 0 radical (unpaired) electrons. The number of sulfonamides is 1. The maximum atomic E-state index is 11.5. The molecule has 2 aromatic rings. The summed E-state index contributed by atoms with van der Waals surface area (Å²) < 4.78 is 25.2. The third-order valence-electron chi connectivity index (χ3n) is 4.56. The van der Waals surface area contributed by atoms with Crippen LogP contribution in [0.4, 0.5) is 5.82 Å². The predicted octanol–water partition coefficient (Wildman–Crippen LogP) is 1.52. The fraction of sp³-hybridized carbons (Fsp3) is 0.625. The van der Waals surface area contributed by atoms with Crippen molar-refractivity contribution in [2.24, 2.45) is 10.6 Å². The number of rotatable bonds is 4. The predicted molar refractivity (Wildman–Crippen MR) is 95.1 cm³/mol. The monoisotopic (exact) mass is 351 g/mol. The zero-order chi connectivity index (χ0) is 17.7. The highest BCUT2D eigenvalue weighted by molar-refractivity contribution is 7.89. The van der Waals surface area contributed by atoms with Crippen LogP contribution in [0.5, 0.6) is 0 Å². The number of aryl methyl sites for hydroxylation is 3. The van der Waals surface area contributed by atoms with Crippen LogP contribution in [-0.4, -0.2) is 28.7 Å². The zero-order valence-corrected chi connectivity index (χ0v) is 15.3. The molecule has 2 heterocycles. The highest BCUT2D eigenvalue weighted by Crippen LogP contribution is 2.33. The fourth-order valence-electron chi connectivity index (χ4n) is 3.73. The number of aromatic nitrogens is 3. The van der Waals surface area contributed by atoms with E-state index in [0.29, 0.717) is 12.4 Å². The standard InChI is InChI=1S/C16H25N5O2S/c1-10-19-13-14(11-6-4-5-7-12(11)20-15(13)17)21(10)8-16(2,3)9-24(18,22)23/h4-9H2,1-3H3,(H2,17,20)(H2,18,22,23). The van der Waals surface area contributed by atoms with E-state index in [-0.39, 0.29) is 5.75 Å². The first-order valence-electron chi connectivity index (χ1n) is 8.22. The van der Waals surface area contributed by atoms with Crippen LogP contribution in [0.3, 0.4) is 0 Å². The molecule has 0 spiro atoms. The van der Waals surface area contributed by atoms with Crippen LogP contribution in [0.25, 0.3) is 11.0 Å². The fourth-order valence-corrected chi connectivity index (χ4v) is 4.91. The SMILES string of the molecule is Cc1nc2c(N)nc3c(c2n1CC(C)(C)CS(N)(=O)=O)CCCC3. The summed E-state index contributed by atoms with van der Waals surface area (Å²) >= 11 is 0. The molecule has 0 amide bonds. The quantitative estimate of drug-likeness (QED) is 0.866. The Bertz CT molecular complexity index is 899. The van der Waals surface area contributed by atoms with Gasteiger partial charge in [0, 0.05) is 12.2 Å². The zero-order valence-electron chi connectivity index (χ0n) is 14.5. The van der Waals surface area contributed by atoms with Gasteiger partial charge in [-0.2, -0.15) is 0 Å². The average Bonchev–Trinajstić information content (AvgIpc) is 2.74. The summed E-state index contributed by atoms with van der Waals surface area (Å²) in [6, 6.07) is 0. The molecule has 0 fully saturated rings. The van der Waals surface area contributed by atoms with E-state index in [2.05, 4.69) is 14.5 Å². The Morgan fingerprint density at radius 3 is 2.54 bits per heavy atom. The van der Waals surface area contributed by atoms with Crippen LogP contribution in [-0.2, 0) is 29.4 Å². The van der Waals surface area contributed by atoms with Crippen molar-refractivity contribution in [3.05, 3.63) is 17.1 Å². The summed E-state index contributed by atoms with van der Waals surface area (Å²) in [7, 11) is -3.55. The van der Waals surface area contributed by atoms with Gasteiger partial charge < -0.3 is 10.3 Å². The van der Waals surface area contributed by atoms with E-state index in [9.17, 15) is 8.42 Å². The van der Waals surface area contributed by atoms with Gasteiger partial charge >= 0.3 is 0 Å². The molecule has 3 rings (SSSR count). The number of nitrogens with zero attached hydrogens (tertiary/aromatic N) is 3. The molecule has 0 atom stereocenters. The second-order valence-electron chi connectivity index (χ2n) is 7.54. The van der Waals surface area contributed by atoms with Crippen molar-refractivity contribution in [3.63, 3.8) is 0 Å². The van der Waals surface area contributed by atoms with E-state index >= 15 is 0 Å². The average molecular weight is 351 g/mol. The van der Waals surface area contributed by atoms with Crippen molar-refractivity contribution in [1.82, 2.24) is 14.5 Å². The van der Waals surface area contributed by atoms with Gasteiger partial charge in [0.25, 0.3) is 0 Å². The van der Waals surface area contributed by atoms with Gasteiger partial charge in [-0.3, -0.25) is 0 Å². The maximum Gasteiger partial charge on any atom is 0.209 e. The normalized spacial score (nSPS) is 15.7. The van der Waals surface area contributed by atoms with Crippen molar-refractivity contribution in [1.29, 1.82) is 0 Å². The van der Waals surface area contributed by atoms with Gasteiger partial charge in [0.1, 0.15) is 11.3 Å². The minimum atomic E-state index is -3.55. The number of nitrogens with two attached hydrogens (primary N) is 2. The molecule has 0 saturated heterocycles. The van der Waals surface area contributed by atoms with Crippen molar-refractivity contribution < 1.29 is 8.42 Å². The van der Waals surface area contributed by atoms with E-state index in [1.54, 1.807) is 0 Å². The second kappa shape index (κ2) is 5.70. The van der Waals surface area contributed by atoms with Crippen LogP contribution in [0.1, 0.15) is 43.8 Å². The smallest absolute Gasteiger partial charge is 0.209 e. The number of primary sulfonamides is 1. The molecule has 132 valence electrons. The largest absolute Gasteiger partial charge is 0.382 e. The lowest BCUT2D eigenvalue weighted by molar-refractivity contribution is 0.346. The van der Waals surface area contributed by atoms with E-state index < -0.39 is 15.4 Å². The minimum Gasteiger partial charge on any atom is -0.382 e. The Hall–Kier alpha value is -1.67. The number of nitrogen functional groups attached to an aromatic ring is 1. The van der Waals surface area contributed by atoms with Crippen molar-refractivity contribution in [2.45, 2.75) is 53.0 Å². The second-order valence-corrected chi connectivity index (χ2v) is 9.16. The lowest BCUT2D eigenvalue weighted by Gasteiger charge is -2.26. The highest BCUT2D eigenvalue weighted by Gasteiger charge is 2.28. The summed E-state index contributed by atoms with van der Waals surface area (Å²) in [6.45, 7) is 6.24. The summed E-state index contributed by atoms with van der Waals surface area (Å²) in [6.07, 6.45) is 4.13. The molecule has 8 heteroatoms. The number of hydrogen-bond acceptors (Lipinski definition) is 5. The summed E-state index contributed by atoms with van der Waals surface area (Å²) in [4.78, 5) is 9.13. The van der Waals surface area contributed by atoms with Crippen LogP contribution in [0.2, 0.25) is 0 Å². The molecule has 4 N–H and O–H groups in total. The molecule has 0 bridgehead atoms. The summed E-state index contributed by atoms with van der Waals surface area (Å²) in [5.74, 6) is 1.19. The number of fused-ring (bicyclic) bond motifs is 3. The van der Waals surface area contributed by atoms with Crippen molar-refractivity contribution >= 4 is 26.9 Å². The molecule has 1 aliphatic rings. The molecule has 2 aromatic heterocycles. The molecule has 0 saturated carbocycles. The Kier molecular flexibility index (Phi) is 4.08. The number of pyridine rings is 1. The van der Waals surface area contributed by atoms with Gasteiger partial charge in [0.2, 0.25) is 10.0 Å². The Morgan fingerprint density at radius 1 is 1.21 bits per heavy atom. The molecule has 1 aliphatic carbocycles. The Labute approximate surface area is 142 Å². The molecule has 0 unspecified atom stereocenters. The molecular weight excluding hydrogens is 326 g/mol. The lowest BCUT2D eigenvalue weighted by atomic mass is 9.93. The van der Waals surface area contributed by atoms with Crippen LogP contribution in [0, 0.1) is 12.3 Å². The van der Waals surface area contributed by atoms with Crippen LogP contribution >= 0.6 is 0 Å². The van der Waals surface area contributed by atoms with Crippen LogP contribution < -0.4 is 10.9 Å². The van der Waals surface area contributed by atoms with Gasteiger partial charge in [0.05, 0.1) is 11.3 Å². The molecule has 0 aromatic carbocycles. The molecule has 7 nitrogen and oxygen atoms in total. The summed E-state index contributed by atoms with van der Waals surface area (Å²) in [5, 5.41) is 5.25. The lowest BCUT2D eigenvalue weighted by Crippen LogP contribution is -2.33. The Morgan fingerprint density at radius 2 is 1.88 bits per heavy atom. The number of imidazole rings is 1. The van der Waals surface area contributed by atoms with Crippen LogP contribution in [0.15, 0.2) is 0 Å². The third-order valence-corrected chi connectivity index (χ3v) is 5.74. The molecule has 24 heavy (non-hydrogen) atoms. The first-order valence-corrected chi connectivity index (χ1v) is 9.93. The topological polar surface area (TPSA) is 117 Å². The first kappa shape index (κ1) is 17.2. The van der Waals surface area contributed by atoms with E-state index in [1.807, 2.05) is 20.8 Å². The van der Waals surface area contributed by atoms with Gasteiger partial charge in [-0.05, 0) is 43.6 Å². The third kappa shape index (κ3) is 3.25. The first-order chi connectivity index (χ1) is 11.1. The van der Waals surface area contributed by atoms with Gasteiger partial charge in [0.15, 0.2) is 5.82 Å². The molecule has 0 aliphatic heterocycles. The number of anilines is 1.